The van der Waals surface area contributed by atoms with Crippen LogP contribution in [-0.4, -0.2) is 25.3 Å². The summed E-state index contributed by atoms with van der Waals surface area (Å²) in [6, 6.07) is 5.41. The van der Waals surface area contributed by atoms with Gasteiger partial charge in [-0.3, -0.25) is 0 Å². The Morgan fingerprint density at radius 1 is 1.40 bits per heavy atom. The summed E-state index contributed by atoms with van der Waals surface area (Å²) in [7, 11) is 1.54. The molecule has 1 aromatic carbocycles. The number of carbonyl (C=O) groups excluding carboxylic acids is 1. The lowest BCUT2D eigenvalue weighted by molar-refractivity contribution is 0.0528. The number of rotatable bonds is 4. The van der Waals surface area contributed by atoms with Crippen LogP contribution >= 0.6 is 0 Å². The first-order valence-corrected chi connectivity index (χ1v) is 6.37. The third-order valence-corrected chi connectivity index (χ3v) is 2.45. The number of alkyl carbamates (subject to hydrolysis) is 1. The number of nitrogens with zero attached hydrogens (tertiary/aromatic N) is 1. The standard InChI is InChI=1S/C15H20N2O3/c1-15(2,3)20-14(18)17-9-8-11-6-7-13(19-5)12(10-11)16-4/h6-7,10H,8-9H2,1-3,5H3,(H,17,18)/i4-1. The van der Waals surface area contributed by atoms with Crippen molar-refractivity contribution in [1.82, 2.24) is 5.32 Å². The molecule has 0 aliphatic carbocycles. The molecule has 0 atom stereocenters. The summed E-state index contributed by atoms with van der Waals surface area (Å²) >= 11 is 0. The third kappa shape index (κ3) is 5.19. The minimum atomic E-state index is -0.499. The first-order chi connectivity index (χ1) is 9.35. The molecule has 20 heavy (non-hydrogen) atoms. The van der Waals surface area contributed by atoms with Gasteiger partial charge in [-0.25, -0.2) is 9.64 Å². The molecule has 0 saturated heterocycles. The molecule has 0 bridgehead atoms. The van der Waals surface area contributed by atoms with Crippen LogP contribution in [0.1, 0.15) is 26.3 Å². The van der Waals surface area contributed by atoms with E-state index in [1.807, 2.05) is 26.8 Å². The number of nitrogens with one attached hydrogen (secondary N) is 1. The van der Waals surface area contributed by atoms with E-state index in [0.29, 0.717) is 24.4 Å². The van der Waals surface area contributed by atoms with Gasteiger partial charge in [0.2, 0.25) is 5.69 Å². The van der Waals surface area contributed by atoms with Gasteiger partial charge in [-0.15, -0.1) is 0 Å². The number of amides is 1. The maximum atomic E-state index is 11.5. The molecule has 5 heteroatoms. The Labute approximate surface area is 119 Å². The second-order valence-electron chi connectivity index (χ2n) is 5.30. The Kier molecular flexibility index (Phi) is 5.39. The predicted octanol–water partition coefficient (Wildman–Crippen LogP) is 3.31. The minimum Gasteiger partial charge on any atom is -0.508 e. The summed E-state index contributed by atoms with van der Waals surface area (Å²) in [6.45, 7) is 13.0. The van der Waals surface area contributed by atoms with Crippen LogP contribution in [-0.2, 0) is 11.2 Å². The third-order valence-electron chi connectivity index (χ3n) is 2.45. The van der Waals surface area contributed by atoms with Gasteiger partial charge in [-0.2, -0.15) is 0 Å². The van der Waals surface area contributed by atoms with Crippen LogP contribution in [0.25, 0.3) is 4.85 Å². The second-order valence-corrected chi connectivity index (χ2v) is 5.30. The molecular formula is C15H20N2O3. The van der Waals surface area contributed by atoms with Gasteiger partial charge in [-0.05, 0) is 39.3 Å². The van der Waals surface area contributed by atoms with E-state index in [0.717, 1.165) is 5.56 Å². The topological polar surface area (TPSA) is 51.9 Å². The lowest BCUT2D eigenvalue weighted by Crippen LogP contribution is -2.33. The Bertz CT molecular complexity index is 513. The van der Waals surface area contributed by atoms with Crippen molar-refractivity contribution < 1.29 is 14.3 Å². The van der Waals surface area contributed by atoms with Crippen molar-refractivity contribution in [2.45, 2.75) is 32.8 Å². The van der Waals surface area contributed by atoms with Gasteiger partial charge in [0.15, 0.2) is 0 Å². The Morgan fingerprint density at radius 2 is 2.10 bits per heavy atom. The van der Waals surface area contributed by atoms with Crippen molar-refractivity contribution in [2.75, 3.05) is 13.7 Å². The Balaban J connectivity index is 2.51. The van der Waals surface area contributed by atoms with Crippen molar-refractivity contribution in [1.29, 1.82) is 0 Å². The van der Waals surface area contributed by atoms with E-state index in [4.69, 9.17) is 16.0 Å². The van der Waals surface area contributed by atoms with Crippen molar-refractivity contribution in [3.05, 3.63) is 35.2 Å². The smallest absolute Gasteiger partial charge is 0.407 e. The van der Waals surface area contributed by atoms with Crippen LogP contribution in [0, 0.1) is 6.57 Å². The zero-order valence-corrected chi connectivity index (χ0v) is 12.3. The number of benzene rings is 1. The van der Waals surface area contributed by atoms with E-state index in [9.17, 15) is 4.79 Å². The fraction of sp³-hybridized carbons (Fsp3) is 0.467. The van der Waals surface area contributed by atoms with Crippen LogP contribution in [0.3, 0.4) is 0 Å². The molecule has 0 aromatic heterocycles. The number of methoxy groups -OCH3 is 1. The van der Waals surface area contributed by atoms with Gasteiger partial charge in [0, 0.05) is 6.54 Å². The molecule has 1 rings (SSSR count). The molecule has 0 spiro atoms. The average Bonchev–Trinajstić information content (AvgIpc) is 2.36. The number of hydrogen-bond donors (Lipinski definition) is 1. The zero-order chi connectivity index (χ0) is 15.2. The first-order valence-electron chi connectivity index (χ1n) is 6.37. The highest BCUT2D eigenvalue weighted by Gasteiger charge is 2.15. The van der Waals surface area contributed by atoms with Crippen molar-refractivity contribution in [3.63, 3.8) is 0 Å². The van der Waals surface area contributed by atoms with Crippen LogP contribution in [0.15, 0.2) is 18.2 Å². The number of ether oxygens (including phenoxy) is 2. The summed E-state index contributed by atoms with van der Waals surface area (Å²) in [6.07, 6.45) is 0.197. The Morgan fingerprint density at radius 3 is 2.65 bits per heavy atom. The first kappa shape index (κ1) is 15.8. The van der Waals surface area contributed by atoms with Gasteiger partial charge in [0.25, 0.3) is 0 Å². The van der Waals surface area contributed by atoms with E-state index < -0.39 is 11.7 Å². The van der Waals surface area contributed by atoms with Crippen LogP contribution < -0.4 is 10.1 Å². The highest BCUT2D eigenvalue weighted by Crippen LogP contribution is 2.28. The average molecular weight is 275 g/mol. The molecule has 0 fully saturated rings. The summed E-state index contributed by atoms with van der Waals surface area (Å²) in [4.78, 5) is 14.9. The largest absolute Gasteiger partial charge is 0.508 e. The van der Waals surface area contributed by atoms with E-state index >= 15 is 0 Å². The van der Waals surface area contributed by atoms with Crippen molar-refractivity contribution >= 4 is 11.8 Å². The molecule has 1 amide bonds. The molecule has 0 radical (unpaired) electrons. The summed E-state index contributed by atoms with van der Waals surface area (Å²) < 4.78 is 10.2. The molecule has 0 aliphatic heterocycles. The Hall–Kier alpha value is -2.22. The van der Waals surface area contributed by atoms with Crippen LogP contribution in [0.2, 0.25) is 0 Å². The molecule has 0 saturated carbocycles. The summed E-state index contributed by atoms with van der Waals surface area (Å²) in [5.41, 5.74) is 0.941. The van der Waals surface area contributed by atoms with E-state index in [-0.39, 0.29) is 0 Å². The van der Waals surface area contributed by atoms with Crippen LogP contribution in [0.5, 0.6) is 5.75 Å². The van der Waals surface area contributed by atoms with Gasteiger partial charge < -0.3 is 14.8 Å². The van der Waals surface area contributed by atoms with E-state index in [2.05, 4.69) is 10.2 Å². The van der Waals surface area contributed by atoms with Gasteiger partial charge in [0.05, 0.1) is 13.7 Å². The summed E-state index contributed by atoms with van der Waals surface area (Å²) in [5, 5.41) is 2.68. The molecular weight excluding hydrogens is 255 g/mol. The van der Waals surface area contributed by atoms with Gasteiger partial charge >= 0.3 is 6.09 Å². The SMILES string of the molecule is COc1ccc(CCNC(=O)OC(C)(C)C)cc1[N+]#[11C-]. The quantitative estimate of drug-likeness (QED) is 0.858. The normalized spacial score (nSPS) is 10.6. The van der Waals surface area contributed by atoms with E-state index in [1.165, 1.54) is 7.11 Å². The molecule has 1 N–H and O–H groups in total. The van der Waals surface area contributed by atoms with Crippen LogP contribution in [0.4, 0.5) is 10.5 Å². The van der Waals surface area contributed by atoms with Gasteiger partial charge in [0.1, 0.15) is 11.4 Å². The maximum Gasteiger partial charge on any atom is 0.407 e. The molecule has 0 aliphatic rings. The maximum absolute atomic E-state index is 11.5. The van der Waals surface area contributed by atoms with Crippen molar-refractivity contribution in [3.8, 4) is 5.75 Å². The fourth-order valence-corrected chi connectivity index (χ4v) is 1.60. The molecule has 0 unspecified atom stereocenters. The predicted molar refractivity (Wildman–Crippen MR) is 77.2 cm³/mol. The molecule has 5 nitrogen and oxygen atoms in total. The molecule has 0 heterocycles. The summed E-state index contributed by atoms with van der Waals surface area (Å²) in [5.74, 6) is 0.559. The molecule has 108 valence electrons. The zero-order valence-electron chi connectivity index (χ0n) is 12.3. The van der Waals surface area contributed by atoms with Crippen molar-refractivity contribution in [2.24, 2.45) is 0 Å². The molecule has 1 aromatic rings. The lowest BCUT2D eigenvalue weighted by atomic mass is 10.1. The highest BCUT2D eigenvalue weighted by molar-refractivity contribution is 5.67. The van der Waals surface area contributed by atoms with Gasteiger partial charge in [-0.1, -0.05) is 11.6 Å². The minimum absolute atomic E-state index is 0.434. The fourth-order valence-electron chi connectivity index (χ4n) is 1.60. The lowest BCUT2D eigenvalue weighted by Gasteiger charge is -2.19. The second kappa shape index (κ2) is 6.80. The number of hydrogen-bond acceptors (Lipinski definition) is 3. The highest BCUT2D eigenvalue weighted by atomic mass is 16.6. The van der Waals surface area contributed by atoms with E-state index in [1.54, 1.807) is 12.1 Å². The monoisotopic (exact) mass is 275 g/mol. The number of carbonyl (C=O) groups is 1.